The molecule has 0 radical (unpaired) electrons. The number of rotatable bonds is 6. The molecule has 22 heavy (non-hydrogen) atoms. The molecule has 0 unspecified atom stereocenters. The normalized spacial score (nSPS) is 10.8. The number of benzene rings is 2. The van der Waals surface area contributed by atoms with Gasteiger partial charge in [-0.15, -0.1) is 0 Å². The molecule has 0 saturated heterocycles. The quantitative estimate of drug-likeness (QED) is 0.779. The lowest BCUT2D eigenvalue weighted by Crippen LogP contribution is -2.30. The van der Waals surface area contributed by atoms with Crippen molar-refractivity contribution in [3.8, 4) is 0 Å². The molecule has 0 aromatic heterocycles. The Bertz CT molecular complexity index is 579. The number of anilines is 2. The van der Waals surface area contributed by atoms with Gasteiger partial charge in [-0.3, -0.25) is 4.90 Å². The third kappa shape index (κ3) is 4.50. The highest BCUT2D eigenvalue weighted by atomic mass is 15.3. The van der Waals surface area contributed by atoms with E-state index >= 15 is 0 Å². The first-order valence-electron chi connectivity index (χ1n) is 7.76. The average Bonchev–Trinajstić information content (AvgIpc) is 2.45. The molecule has 0 fully saturated rings. The van der Waals surface area contributed by atoms with Crippen molar-refractivity contribution in [2.24, 2.45) is 0 Å². The van der Waals surface area contributed by atoms with Crippen molar-refractivity contribution < 1.29 is 0 Å². The third-order valence-electron chi connectivity index (χ3n) is 3.84. The zero-order valence-electron chi connectivity index (χ0n) is 14.3. The maximum absolute atomic E-state index is 3.49. The fourth-order valence-corrected chi connectivity index (χ4v) is 2.52. The van der Waals surface area contributed by atoms with Crippen LogP contribution in [0.1, 0.15) is 22.3 Å². The molecular weight excluding hydrogens is 270 g/mol. The molecule has 3 nitrogen and oxygen atoms in total. The number of nitrogens with zero attached hydrogens (tertiary/aromatic N) is 1. The van der Waals surface area contributed by atoms with Crippen molar-refractivity contribution in [2.45, 2.75) is 27.7 Å². The fraction of sp³-hybridized carbons (Fsp3) is 0.368. The van der Waals surface area contributed by atoms with E-state index in [9.17, 15) is 0 Å². The molecule has 2 aromatic rings. The van der Waals surface area contributed by atoms with Crippen LogP contribution in [0, 0.1) is 27.7 Å². The van der Waals surface area contributed by atoms with Gasteiger partial charge in [0.2, 0.25) is 0 Å². The van der Waals surface area contributed by atoms with Crippen molar-refractivity contribution in [1.82, 2.24) is 4.90 Å². The highest BCUT2D eigenvalue weighted by molar-refractivity contribution is 5.52. The van der Waals surface area contributed by atoms with E-state index in [1.807, 2.05) is 0 Å². The van der Waals surface area contributed by atoms with Crippen molar-refractivity contribution in [3.05, 3.63) is 58.7 Å². The van der Waals surface area contributed by atoms with E-state index in [0.29, 0.717) is 0 Å². The SMILES string of the molecule is Cc1ccc(NCN(C)CNc2ccc(C)cc2C)c(C)c1. The van der Waals surface area contributed by atoms with Gasteiger partial charge < -0.3 is 10.6 Å². The van der Waals surface area contributed by atoms with E-state index in [1.165, 1.54) is 33.6 Å². The van der Waals surface area contributed by atoms with Crippen LogP contribution < -0.4 is 10.6 Å². The first-order chi connectivity index (χ1) is 10.5. The largest absolute Gasteiger partial charge is 0.372 e. The summed E-state index contributed by atoms with van der Waals surface area (Å²) < 4.78 is 0. The van der Waals surface area contributed by atoms with E-state index < -0.39 is 0 Å². The predicted octanol–water partition coefficient (Wildman–Crippen LogP) is 4.29. The molecule has 2 rings (SSSR count). The summed E-state index contributed by atoms with van der Waals surface area (Å²) in [5.74, 6) is 0. The number of nitrogens with one attached hydrogen (secondary N) is 2. The lowest BCUT2D eigenvalue weighted by molar-refractivity contribution is 0.384. The van der Waals surface area contributed by atoms with Gasteiger partial charge in [0.1, 0.15) is 0 Å². The molecule has 0 aliphatic carbocycles. The topological polar surface area (TPSA) is 27.3 Å². The summed E-state index contributed by atoms with van der Waals surface area (Å²) in [5.41, 5.74) is 7.57. The van der Waals surface area contributed by atoms with Gasteiger partial charge in [0.15, 0.2) is 0 Å². The Morgan fingerprint density at radius 3 is 1.50 bits per heavy atom. The zero-order chi connectivity index (χ0) is 16.1. The van der Waals surface area contributed by atoms with Crippen LogP contribution in [0.15, 0.2) is 36.4 Å². The summed E-state index contributed by atoms with van der Waals surface area (Å²) in [6.07, 6.45) is 0. The molecule has 0 heterocycles. The summed E-state index contributed by atoms with van der Waals surface area (Å²) >= 11 is 0. The minimum Gasteiger partial charge on any atom is -0.372 e. The van der Waals surface area contributed by atoms with Crippen LogP contribution in [-0.4, -0.2) is 25.3 Å². The minimum atomic E-state index is 0.807. The van der Waals surface area contributed by atoms with E-state index in [4.69, 9.17) is 0 Å². The number of hydrogen-bond donors (Lipinski definition) is 2. The molecule has 118 valence electrons. The smallest absolute Gasteiger partial charge is 0.0690 e. The molecular formula is C19H27N3. The van der Waals surface area contributed by atoms with Crippen molar-refractivity contribution >= 4 is 11.4 Å². The van der Waals surface area contributed by atoms with Gasteiger partial charge in [-0.25, -0.2) is 0 Å². The standard InChI is InChI=1S/C19H27N3/c1-14-6-8-18(16(3)10-14)20-12-22(5)13-21-19-9-7-15(2)11-17(19)4/h6-11,20-21H,12-13H2,1-5H3. The molecule has 0 atom stereocenters. The third-order valence-corrected chi connectivity index (χ3v) is 3.84. The van der Waals surface area contributed by atoms with Gasteiger partial charge >= 0.3 is 0 Å². The Kier molecular flexibility index (Phi) is 5.45. The molecule has 0 saturated carbocycles. The van der Waals surface area contributed by atoms with Crippen molar-refractivity contribution in [2.75, 3.05) is 31.0 Å². The summed E-state index contributed by atoms with van der Waals surface area (Å²) in [4.78, 5) is 2.22. The van der Waals surface area contributed by atoms with Crippen LogP contribution in [-0.2, 0) is 0 Å². The van der Waals surface area contributed by atoms with Gasteiger partial charge in [-0.1, -0.05) is 35.4 Å². The van der Waals surface area contributed by atoms with Crippen LogP contribution >= 0.6 is 0 Å². The zero-order valence-corrected chi connectivity index (χ0v) is 14.3. The monoisotopic (exact) mass is 297 g/mol. The Hall–Kier alpha value is -2.00. The number of hydrogen-bond acceptors (Lipinski definition) is 3. The second kappa shape index (κ2) is 7.32. The number of aryl methyl sites for hydroxylation is 4. The highest BCUT2D eigenvalue weighted by Crippen LogP contribution is 2.17. The minimum absolute atomic E-state index is 0.807. The van der Waals surface area contributed by atoms with Gasteiger partial charge in [-0.05, 0) is 58.0 Å². The van der Waals surface area contributed by atoms with Crippen LogP contribution in [0.5, 0.6) is 0 Å². The first-order valence-corrected chi connectivity index (χ1v) is 7.76. The molecule has 2 aromatic carbocycles. The Labute approximate surface area is 134 Å². The molecule has 2 N–H and O–H groups in total. The second-order valence-electron chi connectivity index (χ2n) is 6.16. The van der Waals surface area contributed by atoms with E-state index in [2.05, 4.69) is 86.7 Å². The fourth-order valence-electron chi connectivity index (χ4n) is 2.52. The van der Waals surface area contributed by atoms with Crippen LogP contribution in [0.25, 0.3) is 0 Å². The highest BCUT2D eigenvalue weighted by Gasteiger charge is 2.02. The Morgan fingerprint density at radius 2 is 1.14 bits per heavy atom. The average molecular weight is 297 g/mol. The molecule has 3 heteroatoms. The van der Waals surface area contributed by atoms with E-state index in [1.54, 1.807) is 0 Å². The predicted molar refractivity (Wildman–Crippen MR) is 96.6 cm³/mol. The van der Waals surface area contributed by atoms with Crippen LogP contribution in [0.2, 0.25) is 0 Å². The summed E-state index contributed by atoms with van der Waals surface area (Å²) in [6.45, 7) is 10.1. The lowest BCUT2D eigenvalue weighted by atomic mass is 10.1. The van der Waals surface area contributed by atoms with E-state index in [0.717, 1.165) is 13.3 Å². The van der Waals surface area contributed by atoms with Gasteiger partial charge in [-0.2, -0.15) is 0 Å². The molecule has 0 aliphatic rings. The summed E-state index contributed by atoms with van der Waals surface area (Å²) in [5, 5.41) is 6.97. The molecule has 0 amide bonds. The summed E-state index contributed by atoms with van der Waals surface area (Å²) in [7, 11) is 2.10. The molecule has 0 aliphatic heterocycles. The van der Waals surface area contributed by atoms with Gasteiger partial charge in [0.05, 0.1) is 13.3 Å². The Morgan fingerprint density at radius 1 is 0.727 bits per heavy atom. The van der Waals surface area contributed by atoms with Gasteiger partial charge in [0.25, 0.3) is 0 Å². The summed E-state index contributed by atoms with van der Waals surface area (Å²) in [6, 6.07) is 13.0. The molecule has 0 spiro atoms. The maximum atomic E-state index is 3.49. The van der Waals surface area contributed by atoms with Crippen LogP contribution in [0.4, 0.5) is 11.4 Å². The Balaban J connectivity index is 1.84. The second-order valence-corrected chi connectivity index (χ2v) is 6.16. The van der Waals surface area contributed by atoms with Crippen molar-refractivity contribution in [1.29, 1.82) is 0 Å². The first kappa shape index (κ1) is 16.4. The lowest BCUT2D eigenvalue weighted by Gasteiger charge is -2.21. The van der Waals surface area contributed by atoms with Crippen molar-refractivity contribution in [3.63, 3.8) is 0 Å². The van der Waals surface area contributed by atoms with Crippen LogP contribution in [0.3, 0.4) is 0 Å². The van der Waals surface area contributed by atoms with Gasteiger partial charge in [0, 0.05) is 11.4 Å². The molecule has 0 bridgehead atoms. The maximum Gasteiger partial charge on any atom is 0.0690 e. The van der Waals surface area contributed by atoms with E-state index in [-0.39, 0.29) is 0 Å².